The second-order valence-corrected chi connectivity index (χ2v) is 5.71. The van der Waals surface area contributed by atoms with Crippen LogP contribution in [0.25, 0.3) is 0 Å². The SMILES string of the molecule is Cl.Cl.O=C(CN1CCN(c2ccccn2)CC1)NC1CCNC1. The number of pyridine rings is 1. The minimum absolute atomic E-state index is 0. The van der Waals surface area contributed by atoms with E-state index in [1.54, 1.807) is 0 Å². The van der Waals surface area contributed by atoms with Gasteiger partial charge in [0.1, 0.15) is 5.82 Å². The Bertz CT molecular complexity index is 462. The van der Waals surface area contributed by atoms with Crippen LogP contribution in [0.5, 0.6) is 0 Å². The largest absolute Gasteiger partial charge is 0.354 e. The number of aromatic nitrogens is 1. The van der Waals surface area contributed by atoms with Crippen molar-refractivity contribution in [2.24, 2.45) is 0 Å². The van der Waals surface area contributed by atoms with Crippen LogP contribution >= 0.6 is 24.8 Å². The molecule has 1 unspecified atom stereocenters. The van der Waals surface area contributed by atoms with Crippen molar-refractivity contribution in [2.75, 3.05) is 50.7 Å². The zero-order chi connectivity index (χ0) is 14.5. The Morgan fingerprint density at radius 2 is 2.04 bits per heavy atom. The first kappa shape index (κ1) is 20.0. The monoisotopic (exact) mass is 361 g/mol. The van der Waals surface area contributed by atoms with Gasteiger partial charge in [-0.2, -0.15) is 0 Å². The second-order valence-electron chi connectivity index (χ2n) is 5.71. The average Bonchev–Trinajstić information content (AvgIpc) is 3.02. The molecule has 0 aromatic carbocycles. The lowest BCUT2D eigenvalue weighted by molar-refractivity contribution is -0.122. The van der Waals surface area contributed by atoms with Crippen LogP contribution in [0.1, 0.15) is 6.42 Å². The summed E-state index contributed by atoms with van der Waals surface area (Å²) in [6, 6.07) is 6.29. The molecule has 0 bridgehead atoms. The molecule has 0 aliphatic carbocycles. The molecule has 3 rings (SSSR count). The van der Waals surface area contributed by atoms with Gasteiger partial charge in [0.15, 0.2) is 0 Å². The zero-order valence-corrected chi connectivity index (χ0v) is 14.7. The summed E-state index contributed by atoms with van der Waals surface area (Å²) in [5, 5.41) is 6.36. The lowest BCUT2D eigenvalue weighted by Crippen LogP contribution is -2.50. The van der Waals surface area contributed by atoms with Crippen molar-refractivity contribution in [3.63, 3.8) is 0 Å². The topological polar surface area (TPSA) is 60.5 Å². The molecule has 0 spiro atoms. The molecular formula is C15H25Cl2N5O. The van der Waals surface area contributed by atoms with E-state index in [4.69, 9.17) is 0 Å². The van der Waals surface area contributed by atoms with Crippen LogP contribution in [0, 0.1) is 0 Å². The van der Waals surface area contributed by atoms with Crippen LogP contribution in [0.3, 0.4) is 0 Å². The quantitative estimate of drug-likeness (QED) is 0.818. The second kappa shape index (κ2) is 9.93. The van der Waals surface area contributed by atoms with Crippen LogP contribution in [-0.4, -0.2) is 67.6 Å². The predicted octanol–water partition coefficient (Wildman–Crippen LogP) is 0.525. The number of anilines is 1. The number of piperazine rings is 1. The third-order valence-corrected chi connectivity index (χ3v) is 4.14. The first-order valence-corrected chi connectivity index (χ1v) is 7.70. The summed E-state index contributed by atoms with van der Waals surface area (Å²) in [7, 11) is 0. The molecule has 23 heavy (non-hydrogen) atoms. The summed E-state index contributed by atoms with van der Waals surface area (Å²) in [4.78, 5) is 20.9. The predicted molar refractivity (Wildman–Crippen MR) is 96.8 cm³/mol. The van der Waals surface area contributed by atoms with Crippen LogP contribution in [-0.2, 0) is 4.79 Å². The summed E-state index contributed by atoms with van der Waals surface area (Å²) in [6.45, 7) is 6.09. The fraction of sp³-hybridized carbons (Fsp3) is 0.600. The van der Waals surface area contributed by atoms with Crippen LogP contribution < -0.4 is 15.5 Å². The highest BCUT2D eigenvalue weighted by molar-refractivity contribution is 5.85. The molecule has 2 fully saturated rings. The Hall–Kier alpha value is -1.08. The van der Waals surface area contributed by atoms with Crippen LogP contribution in [0.4, 0.5) is 5.82 Å². The standard InChI is InChI=1S/C15H23N5O.2ClH/c21-15(18-13-4-6-16-11-13)12-19-7-9-20(10-8-19)14-3-1-2-5-17-14;;/h1-3,5,13,16H,4,6-12H2,(H,18,21);2*1H. The molecule has 2 aliphatic rings. The van der Waals surface area contributed by atoms with Crippen LogP contribution in [0.15, 0.2) is 24.4 Å². The van der Waals surface area contributed by atoms with E-state index in [0.717, 1.165) is 51.5 Å². The summed E-state index contributed by atoms with van der Waals surface area (Å²) in [5.41, 5.74) is 0. The molecule has 2 aliphatic heterocycles. The molecule has 0 radical (unpaired) electrons. The van der Waals surface area contributed by atoms with Gasteiger partial charge in [0.25, 0.3) is 0 Å². The number of hydrogen-bond acceptors (Lipinski definition) is 5. The van der Waals surface area contributed by atoms with Gasteiger partial charge in [0, 0.05) is 45.0 Å². The van der Waals surface area contributed by atoms with Gasteiger partial charge in [-0.3, -0.25) is 9.69 Å². The molecule has 8 heteroatoms. The fourth-order valence-electron chi connectivity index (χ4n) is 2.93. The summed E-state index contributed by atoms with van der Waals surface area (Å²) in [6.07, 6.45) is 2.87. The highest BCUT2D eigenvalue weighted by Crippen LogP contribution is 2.12. The van der Waals surface area contributed by atoms with Crippen molar-refractivity contribution >= 4 is 36.5 Å². The van der Waals surface area contributed by atoms with Crippen molar-refractivity contribution < 1.29 is 4.79 Å². The summed E-state index contributed by atoms with van der Waals surface area (Å²) < 4.78 is 0. The molecular weight excluding hydrogens is 337 g/mol. The highest BCUT2D eigenvalue weighted by Gasteiger charge is 2.21. The Morgan fingerprint density at radius 3 is 2.65 bits per heavy atom. The maximum absolute atomic E-state index is 12.0. The molecule has 2 N–H and O–H groups in total. The van der Waals surface area contributed by atoms with Gasteiger partial charge in [-0.25, -0.2) is 4.98 Å². The summed E-state index contributed by atoms with van der Waals surface area (Å²) >= 11 is 0. The fourth-order valence-corrected chi connectivity index (χ4v) is 2.93. The van der Waals surface area contributed by atoms with E-state index < -0.39 is 0 Å². The van der Waals surface area contributed by atoms with E-state index in [1.165, 1.54) is 0 Å². The van der Waals surface area contributed by atoms with Gasteiger partial charge >= 0.3 is 0 Å². The highest BCUT2D eigenvalue weighted by atomic mass is 35.5. The molecule has 3 heterocycles. The number of rotatable bonds is 4. The van der Waals surface area contributed by atoms with Crippen LogP contribution in [0.2, 0.25) is 0 Å². The van der Waals surface area contributed by atoms with Gasteiger partial charge in [-0.15, -0.1) is 24.8 Å². The number of carbonyl (C=O) groups excluding carboxylic acids is 1. The van der Waals surface area contributed by atoms with E-state index in [-0.39, 0.29) is 30.7 Å². The minimum atomic E-state index is 0. The Labute approximate surface area is 149 Å². The number of nitrogens with one attached hydrogen (secondary N) is 2. The molecule has 1 aromatic rings. The van der Waals surface area contributed by atoms with Crippen molar-refractivity contribution in [1.29, 1.82) is 0 Å². The number of carbonyl (C=O) groups is 1. The summed E-state index contributed by atoms with van der Waals surface area (Å²) in [5.74, 6) is 1.17. The van der Waals surface area contributed by atoms with Gasteiger partial charge in [0.2, 0.25) is 5.91 Å². The molecule has 0 saturated carbocycles. The molecule has 1 aromatic heterocycles. The van der Waals surface area contributed by atoms with E-state index in [2.05, 4.69) is 25.4 Å². The molecule has 6 nitrogen and oxygen atoms in total. The normalized spacial score (nSPS) is 21.2. The molecule has 1 atom stereocenters. The van der Waals surface area contributed by atoms with Crippen molar-refractivity contribution in [1.82, 2.24) is 20.5 Å². The Morgan fingerprint density at radius 1 is 1.26 bits per heavy atom. The zero-order valence-electron chi connectivity index (χ0n) is 13.1. The number of amides is 1. The van der Waals surface area contributed by atoms with Gasteiger partial charge in [0.05, 0.1) is 6.54 Å². The van der Waals surface area contributed by atoms with E-state index >= 15 is 0 Å². The lowest BCUT2D eigenvalue weighted by atomic mass is 10.2. The minimum Gasteiger partial charge on any atom is -0.354 e. The molecule has 1 amide bonds. The number of nitrogens with zero attached hydrogens (tertiary/aromatic N) is 3. The van der Waals surface area contributed by atoms with E-state index in [9.17, 15) is 4.79 Å². The van der Waals surface area contributed by atoms with Crippen molar-refractivity contribution in [3.8, 4) is 0 Å². The maximum Gasteiger partial charge on any atom is 0.234 e. The first-order chi connectivity index (χ1) is 10.3. The van der Waals surface area contributed by atoms with E-state index in [0.29, 0.717) is 12.6 Å². The van der Waals surface area contributed by atoms with Gasteiger partial charge < -0.3 is 15.5 Å². The molecule has 2 saturated heterocycles. The van der Waals surface area contributed by atoms with E-state index in [1.807, 2.05) is 24.4 Å². The third-order valence-electron chi connectivity index (χ3n) is 4.14. The molecule has 130 valence electrons. The smallest absolute Gasteiger partial charge is 0.234 e. The number of halogens is 2. The Kier molecular flexibility index (Phi) is 8.62. The average molecular weight is 362 g/mol. The van der Waals surface area contributed by atoms with Gasteiger partial charge in [-0.05, 0) is 25.1 Å². The lowest BCUT2D eigenvalue weighted by Gasteiger charge is -2.35. The van der Waals surface area contributed by atoms with Gasteiger partial charge in [-0.1, -0.05) is 6.07 Å². The maximum atomic E-state index is 12.0. The van der Waals surface area contributed by atoms with Crippen molar-refractivity contribution in [2.45, 2.75) is 12.5 Å². The van der Waals surface area contributed by atoms with Crippen molar-refractivity contribution in [3.05, 3.63) is 24.4 Å². The third kappa shape index (κ3) is 5.80. The first-order valence-electron chi connectivity index (χ1n) is 7.70. The number of hydrogen-bond donors (Lipinski definition) is 2. The Balaban J connectivity index is 0.00000132.